The van der Waals surface area contributed by atoms with Gasteiger partial charge in [-0.05, 0) is 25.0 Å². The highest BCUT2D eigenvalue weighted by Gasteiger charge is 2.32. The molecule has 0 unspecified atom stereocenters. The Balaban J connectivity index is 2.50. The first-order valence-corrected chi connectivity index (χ1v) is 8.34. The molecule has 1 saturated heterocycles. The molecule has 1 aliphatic rings. The molecule has 0 spiro atoms. The fourth-order valence-electron chi connectivity index (χ4n) is 2.21. The number of carboxylic acid groups (broad SMARTS) is 1. The Morgan fingerprint density at radius 1 is 1.33 bits per heavy atom. The minimum absolute atomic E-state index is 0.0380. The monoisotopic (exact) mass is 353 g/mol. The second-order valence-electron chi connectivity index (χ2n) is 4.70. The second-order valence-corrected chi connectivity index (χ2v) is 7.39. The summed E-state index contributed by atoms with van der Waals surface area (Å²) in [5.41, 5.74) is -0.447. The highest BCUT2D eigenvalue weighted by atomic mass is 35.5. The van der Waals surface area contributed by atoms with Crippen molar-refractivity contribution in [2.75, 3.05) is 13.1 Å². The van der Waals surface area contributed by atoms with Gasteiger partial charge in [-0.15, -0.1) is 0 Å². The number of aliphatic hydroxyl groups excluding tert-OH is 1. The Kier molecular flexibility index (Phi) is 4.79. The van der Waals surface area contributed by atoms with E-state index in [1.165, 1.54) is 12.1 Å². The van der Waals surface area contributed by atoms with Gasteiger partial charge in [0, 0.05) is 13.1 Å². The quantitative estimate of drug-likeness (QED) is 0.864. The van der Waals surface area contributed by atoms with Crippen molar-refractivity contribution in [3.8, 4) is 0 Å². The standard InChI is InChI=1S/C12H13Cl2NO5S/c13-8-3-4-9(11(14)10(8)12(17)18)21(19,20)15-5-1-2-7(16)6-15/h3-4,7,16H,1-2,5-6H2,(H,17,18)/t7-/m0/s1. The molecule has 1 aromatic carbocycles. The summed E-state index contributed by atoms with van der Waals surface area (Å²) >= 11 is 11.7. The molecule has 1 atom stereocenters. The molecule has 1 aromatic rings. The number of β-amino-alcohol motifs (C(OH)–C–C–N with tert-alkyl or cyclic N) is 1. The van der Waals surface area contributed by atoms with Crippen LogP contribution in [-0.2, 0) is 10.0 Å². The second kappa shape index (κ2) is 6.10. The number of piperidine rings is 1. The smallest absolute Gasteiger partial charge is 0.338 e. The molecule has 0 aliphatic carbocycles. The molecule has 1 heterocycles. The van der Waals surface area contributed by atoms with Crippen molar-refractivity contribution < 1.29 is 23.4 Å². The summed E-state index contributed by atoms with van der Waals surface area (Å²) in [5.74, 6) is -1.40. The van der Waals surface area contributed by atoms with Crippen molar-refractivity contribution in [1.29, 1.82) is 0 Å². The predicted molar refractivity (Wildman–Crippen MR) is 77.4 cm³/mol. The SMILES string of the molecule is O=C(O)c1c(Cl)ccc(S(=O)(=O)N2CCC[C@H](O)C2)c1Cl. The number of rotatable bonds is 3. The van der Waals surface area contributed by atoms with E-state index >= 15 is 0 Å². The van der Waals surface area contributed by atoms with Crippen LogP contribution in [0.1, 0.15) is 23.2 Å². The fraction of sp³-hybridized carbons (Fsp3) is 0.417. The van der Waals surface area contributed by atoms with Crippen molar-refractivity contribution in [3.63, 3.8) is 0 Å². The summed E-state index contributed by atoms with van der Waals surface area (Å²) in [6, 6.07) is 2.36. The number of hydrogen-bond acceptors (Lipinski definition) is 4. The molecule has 21 heavy (non-hydrogen) atoms. The third-order valence-electron chi connectivity index (χ3n) is 3.25. The van der Waals surface area contributed by atoms with E-state index < -0.39 is 32.7 Å². The number of sulfonamides is 1. The number of carboxylic acids is 1. The van der Waals surface area contributed by atoms with Gasteiger partial charge in [0.05, 0.1) is 21.7 Å². The lowest BCUT2D eigenvalue weighted by atomic mass is 10.1. The zero-order valence-corrected chi connectivity index (χ0v) is 13.1. The van der Waals surface area contributed by atoms with Crippen molar-refractivity contribution in [2.24, 2.45) is 0 Å². The van der Waals surface area contributed by atoms with E-state index in [9.17, 15) is 18.3 Å². The summed E-state index contributed by atoms with van der Waals surface area (Å²) in [6.45, 7) is 0.213. The number of aliphatic hydroxyl groups is 1. The molecule has 6 nitrogen and oxygen atoms in total. The number of halogens is 2. The van der Waals surface area contributed by atoms with Gasteiger partial charge >= 0.3 is 5.97 Å². The van der Waals surface area contributed by atoms with E-state index in [0.717, 1.165) is 4.31 Å². The number of hydrogen-bond donors (Lipinski definition) is 2. The molecule has 0 bridgehead atoms. The van der Waals surface area contributed by atoms with Gasteiger partial charge < -0.3 is 10.2 Å². The van der Waals surface area contributed by atoms with Gasteiger partial charge in [0.15, 0.2) is 0 Å². The van der Waals surface area contributed by atoms with Crippen LogP contribution in [0.4, 0.5) is 0 Å². The van der Waals surface area contributed by atoms with Gasteiger partial charge in [-0.25, -0.2) is 13.2 Å². The van der Waals surface area contributed by atoms with Crippen molar-refractivity contribution >= 4 is 39.2 Å². The van der Waals surface area contributed by atoms with E-state index in [4.69, 9.17) is 28.3 Å². The number of benzene rings is 1. The molecule has 9 heteroatoms. The average Bonchev–Trinajstić information content (AvgIpc) is 2.37. The van der Waals surface area contributed by atoms with Crippen LogP contribution in [0.25, 0.3) is 0 Å². The summed E-state index contributed by atoms with van der Waals surface area (Å²) in [4.78, 5) is 10.8. The Bertz CT molecular complexity index is 676. The molecular formula is C12H13Cl2NO5S. The fourth-order valence-corrected chi connectivity index (χ4v) is 4.62. The Morgan fingerprint density at radius 3 is 2.57 bits per heavy atom. The van der Waals surface area contributed by atoms with Gasteiger partial charge in [0.2, 0.25) is 10.0 Å². The largest absolute Gasteiger partial charge is 0.478 e. The molecule has 0 aromatic heterocycles. The molecule has 2 rings (SSSR count). The van der Waals surface area contributed by atoms with Gasteiger partial charge in [-0.1, -0.05) is 23.2 Å². The van der Waals surface area contributed by atoms with E-state index in [2.05, 4.69) is 0 Å². The molecule has 0 saturated carbocycles. The van der Waals surface area contributed by atoms with Crippen LogP contribution in [0.15, 0.2) is 17.0 Å². The first-order chi connectivity index (χ1) is 9.75. The molecule has 1 aliphatic heterocycles. The Hall–Kier alpha value is -0.860. The highest BCUT2D eigenvalue weighted by molar-refractivity contribution is 7.89. The minimum Gasteiger partial charge on any atom is -0.478 e. The van der Waals surface area contributed by atoms with Crippen molar-refractivity contribution in [1.82, 2.24) is 4.31 Å². The summed E-state index contributed by atoms with van der Waals surface area (Å²) in [7, 11) is -3.98. The highest BCUT2D eigenvalue weighted by Crippen LogP contribution is 2.33. The zero-order valence-electron chi connectivity index (χ0n) is 10.8. The maximum absolute atomic E-state index is 12.5. The minimum atomic E-state index is -3.98. The molecular weight excluding hydrogens is 341 g/mol. The topological polar surface area (TPSA) is 94.9 Å². The van der Waals surface area contributed by atoms with Crippen molar-refractivity contribution in [3.05, 3.63) is 27.7 Å². The van der Waals surface area contributed by atoms with Crippen LogP contribution >= 0.6 is 23.2 Å². The van der Waals surface area contributed by atoms with Crippen molar-refractivity contribution in [2.45, 2.75) is 23.8 Å². The lowest BCUT2D eigenvalue weighted by Gasteiger charge is -2.29. The first kappa shape index (κ1) is 16.5. The van der Waals surface area contributed by atoms with Crippen LogP contribution in [0.2, 0.25) is 10.0 Å². The predicted octanol–water partition coefficient (Wildman–Crippen LogP) is 1.84. The van der Waals surface area contributed by atoms with E-state index in [-0.39, 0.29) is 23.0 Å². The number of aromatic carboxylic acids is 1. The van der Waals surface area contributed by atoms with E-state index in [0.29, 0.717) is 12.8 Å². The zero-order chi connectivity index (χ0) is 15.8. The number of nitrogens with zero attached hydrogens (tertiary/aromatic N) is 1. The summed E-state index contributed by atoms with van der Waals surface area (Å²) in [6.07, 6.45) is 0.316. The molecule has 0 amide bonds. The maximum atomic E-state index is 12.5. The summed E-state index contributed by atoms with van der Waals surface area (Å²) < 4.78 is 26.2. The lowest BCUT2D eigenvalue weighted by Crippen LogP contribution is -2.42. The third kappa shape index (κ3) is 3.17. The van der Waals surface area contributed by atoms with Crippen LogP contribution < -0.4 is 0 Å². The maximum Gasteiger partial charge on any atom is 0.338 e. The van der Waals surface area contributed by atoms with Gasteiger partial charge in [-0.2, -0.15) is 4.31 Å². The van der Waals surface area contributed by atoms with Crippen LogP contribution in [0.5, 0.6) is 0 Å². The lowest BCUT2D eigenvalue weighted by molar-refractivity contribution is 0.0697. The Labute approximate surface area is 131 Å². The van der Waals surface area contributed by atoms with E-state index in [1.807, 2.05) is 0 Å². The van der Waals surface area contributed by atoms with Gasteiger partial charge in [0.25, 0.3) is 0 Å². The van der Waals surface area contributed by atoms with Crippen LogP contribution in [0, 0.1) is 0 Å². The molecule has 1 fully saturated rings. The average molecular weight is 354 g/mol. The Morgan fingerprint density at radius 2 is 2.00 bits per heavy atom. The molecule has 0 radical (unpaired) electrons. The van der Waals surface area contributed by atoms with E-state index in [1.54, 1.807) is 0 Å². The van der Waals surface area contributed by atoms with Gasteiger partial charge in [0.1, 0.15) is 4.90 Å². The summed E-state index contributed by atoms with van der Waals surface area (Å²) in [5, 5.41) is 18.1. The molecule has 2 N–H and O–H groups in total. The van der Waals surface area contributed by atoms with Crippen LogP contribution in [0.3, 0.4) is 0 Å². The van der Waals surface area contributed by atoms with Gasteiger partial charge in [-0.3, -0.25) is 0 Å². The normalized spacial score (nSPS) is 20.4. The molecule has 116 valence electrons. The number of carbonyl (C=O) groups is 1. The first-order valence-electron chi connectivity index (χ1n) is 6.14. The third-order valence-corrected chi connectivity index (χ3v) is 5.97. The van der Waals surface area contributed by atoms with Crippen LogP contribution in [-0.4, -0.2) is 48.1 Å².